The van der Waals surface area contributed by atoms with Crippen molar-refractivity contribution in [1.29, 1.82) is 0 Å². The zero-order valence-corrected chi connectivity index (χ0v) is 18.5. The van der Waals surface area contributed by atoms with Gasteiger partial charge in [0.05, 0.1) is 25.5 Å². The molecule has 0 atom stereocenters. The maximum Gasteiger partial charge on any atom is 0.337 e. The maximum absolute atomic E-state index is 13.9. The van der Waals surface area contributed by atoms with E-state index in [2.05, 4.69) is 15.9 Å². The quantitative estimate of drug-likeness (QED) is 0.471. The van der Waals surface area contributed by atoms with Crippen LogP contribution in [0.2, 0.25) is 0 Å². The Kier molecular flexibility index (Phi) is 6.74. The first kappa shape index (κ1) is 22.5. The molecule has 1 heterocycles. The molecule has 0 saturated heterocycles. The van der Waals surface area contributed by atoms with Gasteiger partial charge in [0.1, 0.15) is 34.2 Å². The van der Waals surface area contributed by atoms with Gasteiger partial charge in [-0.15, -0.1) is 0 Å². The first-order valence-electron chi connectivity index (χ1n) is 9.02. The SMILES string of the molecule is COC(=O)c1ccc(OC)c(-n2c(C)cc(OCc3ccc(F)cc3F)c(Br)c2=O)c1. The zero-order chi connectivity index (χ0) is 22.7. The number of rotatable bonds is 6. The van der Waals surface area contributed by atoms with Gasteiger partial charge in [-0.25, -0.2) is 13.6 Å². The molecule has 0 aliphatic rings. The van der Waals surface area contributed by atoms with E-state index in [0.29, 0.717) is 17.1 Å². The van der Waals surface area contributed by atoms with E-state index >= 15 is 0 Å². The highest BCUT2D eigenvalue weighted by atomic mass is 79.9. The van der Waals surface area contributed by atoms with Crippen LogP contribution < -0.4 is 15.0 Å². The monoisotopic (exact) mass is 493 g/mol. The van der Waals surface area contributed by atoms with Gasteiger partial charge in [0, 0.05) is 23.4 Å². The molecule has 0 N–H and O–H groups in total. The lowest BCUT2D eigenvalue weighted by atomic mass is 10.1. The third-order valence-corrected chi connectivity index (χ3v) is 5.27. The van der Waals surface area contributed by atoms with E-state index in [1.807, 2.05) is 0 Å². The lowest BCUT2D eigenvalue weighted by molar-refractivity contribution is 0.0600. The van der Waals surface area contributed by atoms with Crippen LogP contribution in [0.4, 0.5) is 8.78 Å². The third kappa shape index (κ3) is 4.61. The second-order valence-electron chi connectivity index (χ2n) is 6.51. The fraction of sp³-hybridized carbons (Fsp3) is 0.182. The van der Waals surface area contributed by atoms with E-state index < -0.39 is 23.2 Å². The smallest absolute Gasteiger partial charge is 0.337 e. The molecule has 0 amide bonds. The molecule has 0 aliphatic carbocycles. The van der Waals surface area contributed by atoms with E-state index in [4.69, 9.17) is 14.2 Å². The largest absolute Gasteiger partial charge is 0.495 e. The van der Waals surface area contributed by atoms with Crippen LogP contribution in [0.25, 0.3) is 5.69 Å². The summed E-state index contributed by atoms with van der Waals surface area (Å²) in [5.74, 6) is -1.44. The number of hydrogen-bond donors (Lipinski definition) is 0. The molecule has 0 fully saturated rings. The number of benzene rings is 2. The van der Waals surface area contributed by atoms with Crippen molar-refractivity contribution in [2.75, 3.05) is 14.2 Å². The van der Waals surface area contributed by atoms with E-state index in [-0.39, 0.29) is 28.0 Å². The first-order chi connectivity index (χ1) is 14.8. The number of nitrogens with zero attached hydrogens (tertiary/aromatic N) is 1. The second-order valence-corrected chi connectivity index (χ2v) is 7.30. The van der Waals surface area contributed by atoms with E-state index in [1.165, 1.54) is 37.0 Å². The average molecular weight is 494 g/mol. The Morgan fingerprint density at radius 3 is 2.45 bits per heavy atom. The minimum atomic E-state index is -0.745. The predicted octanol–water partition coefficient (Wildman–Crippen LogP) is 4.56. The Hall–Kier alpha value is -3.20. The molecule has 162 valence electrons. The summed E-state index contributed by atoms with van der Waals surface area (Å²) in [5.41, 5.74) is 0.720. The minimum Gasteiger partial charge on any atom is -0.495 e. The molecule has 0 spiro atoms. The molecule has 9 heteroatoms. The number of halogens is 3. The number of aromatic nitrogens is 1. The van der Waals surface area contributed by atoms with Crippen LogP contribution in [0.5, 0.6) is 11.5 Å². The zero-order valence-electron chi connectivity index (χ0n) is 16.9. The number of ether oxygens (including phenoxy) is 3. The lowest BCUT2D eigenvalue weighted by Crippen LogP contribution is -2.23. The average Bonchev–Trinajstić information content (AvgIpc) is 2.75. The van der Waals surface area contributed by atoms with E-state index in [1.54, 1.807) is 19.1 Å². The number of esters is 1. The van der Waals surface area contributed by atoms with Crippen molar-refractivity contribution in [1.82, 2.24) is 4.57 Å². The summed E-state index contributed by atoms with van der Waals surface area (Å²) in [7, 11) is 2.71. The van der Waals surface area contributed by atoms with Crippen molar-refractivity contribution in [3.05, 3.63) is 85.7 Å². The molecule has 0 radical (unpaired) electrons. The Morgan fingerprint density at radius 1 is 1.06 bits per heavy atom. The number of methoxy groups -OCH3 is 2. The summed E-state index contributed by atoms with van der Waals surface area (Å²) in [6.45, 7) is 1.47. The van der Waals surface area contributed by atoms with Crippen molar-refractivity contribution in [3.8, 4) is 17.2 Å². The van der Waals surface area contributed by atoms with Crippen LogP contribution >= 0.6 is 15.9 Å². The van der Waals surface area contributed by atoms with Gasteiger partial charge in [0.25, 0.3) is 5.56 Å². The molecule has 0 saturated carbocycles. The van der Waals surface area contributed by atoms with Gasteiger partial charge < -0.3 is 14.2 Å². The molecular formula is C22H18BrF2NO5. The van der Waals surface area contributed by atoms with Gasteiger partial charge in [-0.2, -0.15) is 0 Å². The van der Waals surface area contributed by atoms with E-state index in [9.17, 15) is 18.4 Å². The van der Waals surface area contributed by atoms with Crippen LogP contribution in [0, 0.1) is 18.6 Å². The summed E-state index contributed by atoms with van der Waals surface area (Å²) < 4.78 is 44.1. The number of carbonyl (C=O) groups is 1. The summed E-state index contributed by atoms with van der Waals surface area (Å²) in [5, 5.41) is 0. The third-order valence-electron chi connectivity index (χ3n) is 4.54. The minimum absolute atomic E-state index is 0.0890. The molecule has 0 bridgehead atoms. The van der Waals surface area contributed by atoms with Gasteiger partial charge in [-0.05, 0) is 53.2 Å². The lowest BCUT2D eigenvalue weighted by Gasteiger charge is -2.17. The topological polar surface area (TPSA) is 66.8 Å². The number of carbonyl (C=O) groups excluding carboxylic acids is 1. The number of aryl methyl sites for hydroxylation is 1. The molecule has 6 nitrogen and oxygen atoms in total. The molecule has 1 aromatic heterocycles. The normalized spacial score (nSPS) is 10.6. The van der Waals surface area contributed by atoms with Crippen molar-refractivity contribution in [2.45, 2.75) is 13.5 Å². The van der Waals surface area contributed by atoms with Crippen LogP contribution in [0.15, 0.2) is 51.7 Å². The van der Waals surface area contributed by atoms with Crippen molar-refractivity contribution >= 4 is 21.9 Å². The fourth-order valence-electron chi connectivity index (χ4n) is 2.99. The fourth-order valence-corrected chi connectivity index (χ4v) is 3.40. The Morgan fingerprint density at radius 2 is 1.81 bits per heavy atom. The van der Waals surface area contributed by atoms with Crippen LogP contribution in [0.3, 0.4) is 0 Å². The summed E-state index contributed by atoms with van der Waals surface area (Å²) in [4.78, 5) is 25.0. The molecular weight excluding hydrogens is 476 g/mol. The predicted molar refractivity (Wildman–Crippen MR) is 113 cm³/mol. The standard InChI is InChI=1S/C22H18BrF2NO5/c1-12-8-19(31-11-14-4-6-15(24)10-16(14)25)20(23)21(27)26(12)17-9-13(22(28)30-3)5-7-18(17)29-2/h4-10H,11H2,1-3H3. The summed E-state index contributed by atoms with van der Waals surface area (Å²) in [6.07, 6.45) is 0. The number of pyridine rings is 1. The maximum atomic E-state index is 13.9. The number of hydrogen-bond acceptors (Lipinski definition) is 5. The Balaban J connectivity index is 2.02. The Labute approximate surface area is 185 Å². The van der Waals surface area contributed by atoms with Gasteiger partial charge in [0.15, 0.2) is 0 Å². The van der Waals surface area contributed by atoms with Gasteiger partial charge in [-0.3, -0.25) is 9.36 Å². The molecule has 2 aromatic carbocycles. The summed E-state index contributed by atoms with van der Waals surface area (Å²) >= 11 is 3.23. The van der Waals surface area contributed by atoms with E-state index in [0.717, 1.165) is 12.1 Å². The Bertz CT molecular complexity index is 1210. The molecule has 3 aromatic rings. The van der Waals surface area contributed by atoms with Gasteiger partial charge in [-0.1, -0.05) is 0 Å². The van der Waals surface area contributed by atoms with Crippen LogP contribution in [0.1, 0.15) is 21.6 Å². The first-order valence-corrected chi connectivity index (χ1v) is 9.81. The molecule has 0 unspecified atom stereocenters. The molecule has 3 rings (SSSR count). The highest BCUT2D eigenvalue weighted by Crippen LogP contribution is 2.29. The van der Waals surface area contributed by atoms with Crippen molar-refractivity contribution < 1.29 is 27.8 Å². The van der Waals surface area contributed by atoms with Crippen molar-refractivity contribution in [3.63, 3.8) is 0 Å². The molecule has 0 aliphatic heterocycles. The second kappa shape index (κ2) is 9.30. The van der Waals surface area contributed by atoms with Gasteiger partial charge >= 0.3 is 5.97 Å². The highest BCUT2D eigenvalue weighted by molar-refractivity contribution is 9.10. The summed E-state index contributed by atoms with van der Waals surface area (Å²) in [6, 6.07) is 9.31. The van der Waals surface area contributed by atoms with Crippen LogP contribution in [-0.4, -0.2) is 24.8 Å². The van der Waals surface area contributed by atoms with Gasteiger partial charge in [0.2, 0.25) is 0 Å². The molecule has 31 heavy (non-hydrogen) atoms. The highest BCUT2D eigenvalue weighted by Gasteiger charge is 2.19. The van der Waals surface area contributed by atoms with Crippen LogP contribution in [-0.2, 0) is 11.3 Å². The van der Waals surface area contributed by atoms with Crippen molar-refractivity contribution in [2.24, 2.45) is 0 Å².